The third kappa shape index (κ3) is 3.69. The summed E-state index contributed by atoms with van der Waals surface area (Å²) in [7, 11) is 1.44. The van der Waals surface area contributed by atoms with E-state index in [0.717, 1.165) is 13.1 Å². The molecule has 4 nitrogen and oxygen atoms in total. The summed E-state index contributed by atoms with van der Waals surface area (Å²) in [5, 5.41) is 0. The molecule has 2 unspecified atom stereocenters. The van der Waals surface area contributed by atoms with Gasteiger partial charge in [-0.05, 0) is 34.6 Å². The number of methoxy groups -OCH3 is 1. The van der Waals surface area contributed by atoms with Crippen molar-refractivity contribution in [1.82, 2.24) is 4.90 Å². The Morgan fingerprint density at radius 2 is 1.61 bits per heavy atom. The van der Waals surface area contributed by atoms with Crippen LogP contribution in [0.15, 0.2) is 0 Å². The molecule has 4 heteroatoms. The van der Waals surface area contributed by atoms with Crippen LogP contribution < -0.4 is 0 Å². The second-order valence-corrected chi connectivity index (χ2v) is 6.58. The van der Waals surface area contributed by atoms with E-state index in [1.165, 1.54) is 7.11 Å². The minimum Gasteiger partial charge on any atom is -0.469 e. The molecule has 0 aromatic heterocycles. The molecule has 1 aliphatic rings. The molecule has 0 aliphatic carbocycles. The first-order valence-electron chi connectivity index (χ1n) is 6.60. The molecule has 0 aromatic rings. The van der Waals surface area contributed by atoms with Crippen molar-refractivity contribution in [3.05, 3.63) is 0 Å². The van der Waals surface area contributed by atoms with Crippen molar-refractivity contribution in [1.29, 1.82) is 0 Å². The number of hydrogen-bond donors (Lipinski definition) is 0. The molecule has 1 rings (SSSR count). The van der Waals surface area contributed by atoms with Gasteiger partial charge in [0.2, 0.25) is 0 Å². The van der Waals surface area contributed by atoms with Crippen LogP contribution in [0.2, 0.25) is 0 Å². The third-order valence-electron chi connectivity index (χ3n) is 3.59. The lowest BCUT2D eigenvalue weighted by molar-refractivity contribution is -0.191. The molecular weight excluding hydrogens is 230 g/mol. The Bertz CT molecular complexity index is 296. The van der Waals surface area contributed by atoms with E-state index in [0.29, 0.717) is 0 Å². The van der Waals surface area contributed by atoms with Crippen LogP contribution in [0.4, 0.5) is 0 Å². The summed E-state index contributed by atoms with van der Waals surface area (Å²) in [6.07, 6.45) is 0. The summed E-state index contributed by atoms with van der Waals surface area (Å²) in [6, 6.07) is 0.153. The number of rotatable bonds is 3. The van der Waals surface area contributed by atoms with Gasteiger partial charge in [-0.1, -0.05) is 6.92 Å². The zero-order valence-electron chi connectivity index (χ0n) is 12.7. The van der Waals surface area contributed by atoms with Gasteiger partial charge in [0.15, 0.2) is 0 Å². The monoisotopic (exact) mass is 257 g/mol. The van der Waals surface area contributed by atoms with Crippen LogP contribution in [0.5, 0.6) is 0 Å². The molecule has 1 aliphatic heterocycles. The SMILES string of the molecule is COC(=O)C(C)C(C)N1CC(C)(C)OC(C)(C)C1. The number of carbonyl (C=O) groups is 1. The highest BCUT2D eigenvalue weighted by Gasteiger charge is 2.41. The van der Waals surface area contributed by atoms with Crippen molar-refractivity contribution in [3.63, 3.8) is 0 Å². The van der Waals surface area contributed by atoms with Gasteiger partial charge in [-0.2, -0.15) is 0 Å². The predicted octanol–water partition coefficient (Wildman–Crippen LogP) is 2.07. The van der Waals surface area contributed by atoms with Crippen molar-refractivity contribution in [2.24, 2.45) is 5.92 Å². The van der Waals surface area contributed by atoms with E-state index in [1.54, 1.807) is 0 Å². The molecule has 18 heavy (non-hydrogen) atoms. The number of carbonyl (C=O) groups excluding carboxylic acids is 1. The molecule has 0 spiro atoms. The average Bonchev–Trinajstić information content (AvgIpc) is 2.21. The molecule has 0 saturated carbocycles. The fourth-order valence-electron chi connectivity index (χ4n) is 2.83. The lowest BCUT2D eigenvalue weighted by Gasteiger charge is -2.49. The van der Waals surface area contributed by atoms with Crippen molar-refractivity contribution < 1.29 is 14.3 Å². The zero-order chi connectivity index (χ0) is 14.1. The summed E-state index contributed by atoms with van der Waals surface area (Å²) in [5.41, 5.74) is -0.377. The molecule has 0 bridgehead atoms. The molecular formula is C14H27NO3. The average molecular weight is 257 g/mol. The highest BCUT2D eigenvalue weighted by Crippen LogP contribution is 2.30. The molecule has 2 atom stereocenters. The Hall–Kier alpha value is -0.610. The lowest BCUT2D eigenvalue weighted by Crippen LogP contribution is -2.60. The van der Waals surface area contributed by atoms with Crippen LogP contribution in [0.1, 0.15) is 41.5 Å². The number of morpholine rings is 1. The lowest BCUT2D eigenvalue weighted by atomic mass is 9.94. The highest BCUT2D eigenvalue weighted by atomic mass is 16.5. The zero-order valence-corrected chi connectivity index (χ0v) is 12.7. The number of hydrogen-bond acceptors (Lipinski definition) is 4. The second kappa shape index (κ2) is 5.17. The van der Waals surface area contributed by atoms with Crippen LogP contribution in [-0.2, 0) is 14.3 Å². The van der Waals surface area contributed by atoms with Gasteiger partial charge in [0.05, 0.1) is 24.2 Å². The van der Waals surface area contributed by atoms with Crippen LogP contribution in [-0.4, -0.2) is 48.3 Å². The van der Waals surface area contributed by atoms with Gasteiger partial charge in [-0.25, -0.2) is 0 Å². The van der Waals surface area contributed by atoms with Gasteiger partial charge in [0.25, 0.3) is 0 Å². The summed E-state index contributed by atoms with van der Waals surface area (Å²) < 4.78 is 10.9. The van der Waals surface area contributed by atoms with Gasteiger partial charge in [0, 0.05) is 19.1 Å². The number of esters is 1. The van der Waals surface area contributed by atoms with E-state index < -0.39 is 0 Å². The third-order valence-corrected chi connectivity index (χ3v) is 3.59. The van der Waals surface area contributed by atoms with E-state index in [9.17, 15) is 4.79 Å². The van der Waals surface area contributed by atoms with Crippen LogP contribution in [0.25, 0.3) is 0 Å². The van der Waals surface area contributed by atoms with Crippen LogP contribution in [0.3, 0.4) is 0 Å². The highest BCUT2D eigenvalue weighted by molar-refractivity contribution is 5.72. The Morgan fingerprint density at radius 3 is 2.00 bits per heavy atom. The van der Waals surface area contributed by atoms with Crippen molar-refractivity contribution in [3.8, 4) is 0 Å². The van der Waals surface area contributed by atoms with E-state index in [4.69, 9.17) is 9.47 Å². The van der Waals surface area contributed by atoms with Crippen molar-refractivity contribution in [2.75, 3.05) is 20.2 Å². The van der Waals surface area contributed by atoms with Crippen molar-refractivity contribution >= 4 is 5.97 Å². The topological polar surface area (TPSA) is 38.8 Å². The van der Waals surface area contributed by atoms with Crippen LogP contribution in [0, 0.1) is 5.92 Å². The maximum Gasteiger partial charge on any atom is 0.309 e. The first-order chi connectivity index (χ1) is 8.08. The number of ether oxygens (including phenoxy) is 2. The predicted molar refractivity (Wildman–Crippen MR) is 71.5 cm³/mol. The molecule has 0 N–H and O–H groups in total. The van der Waals surface area contributed by atoms with E-state index in [-0.39, 0.29) is 29.1 Å². The molecule has 1 saturated heterocycles. The Balaban J connectivity index is 2.79. The maximum atomic E-state index is 11.6. The molecule has 1 heterocycles. The first kappa shape index (κ1) is 15.4. The van der Waals surface area contributed by atoms with Gasteiger partial charge in [-0.3, -0.25) is 9.69 Å². The minimum atomic E-state index is -0.189. The van der Waals surface area contributed by atoms with Crippen molar-refractivity contribution in [2.45, 2.75) is 58.8 Å². The molecule has 0 radical (unpaired) electrons. The van der Waals surface area contributed by atoms with Gasteiger partial charge >= 0.3 is 5.97 Å². The second-order valence-electron chi connectivity index (χ2n) is 6.58. The van der Waals surface area contributed by atoms with E-state index in [1.807, 2.05) is 6.92 Å². The number of nitrogens with zero attached hydrogens (tertiary/aromatic N) is 1. The molecule has 106 valence electrons. The maximum absolute atomic E-state index is 11.6. The first-order valence-corrected chi connectivity index (χ1v) is 6.60. The van der Waals surface area contributed by atoms with Crippen LogP contribution >= 0.6 is 0 Å². The fraction of sp³-hybridized carbons (Fsp3) is 0.929. The molecule has 0 amide bonds. The Labute approximate surface area is 111 Å². The largest absolute Gasteiger partial charge is 0.469 e. The van der Waals surface area contributed by atoms with E-state index in [2.05, 4.69) is 39.5 Å². The Morgan fingerprint density at radius 1 is 1.17 bits per heavy atom. The molecule has 0 aromatic carbocycles. The Kier molecular flexibility index (Phi) is 4.44. The molecule has 1 fully saturated rings. The summed E-state index contributed by atoms with van der Waals surface area (Å²) in [5.74, 6) is -0.274. The fourth-order valence-corrected chi connectivity index (χ4v) is 2.83. The summed E-state index contributed by atoms with van der Waals surface area (Å²) in [6.45, 7) is 14.0. The minimum absolute atomic E-state index is 0.125. The smallest absolute Gasteiger partial charge is 0.309 e. The van der Waals surface area contributed by atoms with E-state index >= 15 is 0 Å². The normalized spacial score (nSPS) is 26.4. The summed E-state index contributed by atoms with van der Waals surface area (Å²) >= 11 is 0. The quantitative estimate of drug-likeness (QED) is 0.726. The van der Waals surface area contributed by atoms with Gasteiger partial charge in [0.1, 0.15) is 0 Å². The van der Waals surface area contributed by atoms with Gasteiger partial charge < -0.3 is 9.47 Å². The standard InChI is InChI=1S/C14H27NO3/c1-10(12(16)17-7)11(2)15-8-13(3,4)18-14(5,6)9-15/h10-11H,8-9H2,1-7H3. The summed E-state index contributed by atoms with van der Waals surface area (Å²) in [4.78, 5) is 14.0. The van der Waals surface area contributed by atoms with Gasteiger partial charge in [-0.15, -0.1) is 0 Å².